The Morgan fingerprint density at radius 3 is 1.38 bits per heavy atom. The number of halogens is 9. The second kappa shape index (κ2) is 11.8. The topological polar surface area (TPSA) is 52.1 Å². The number of oxazole rings is 2. The molecule has 0 atom stereocenters. The molecule has 2 heterocycles. The molecule has 13 heteroatoms. The average Bonchev–Trinajstić information content (AvgIpc) is 3.76. The van der Waals surface area contributed by atoms with Crippen molar-refractivity contribution >= 4 is 22.2 Å². The van der Waals surface area contributed by atoms with Crippen molar-refractivity contribution in [2.75, 3.05) is 0 Å². The number of hydrogen-bond acceptors (Lipinski definition) is 4. The molecule has 7 rings (SSSR count). The number of aromatic nitrogens is 2. The number of benzene rings is 5. The molecule has 0 aliphatic rings. The van der Waals surface area contributed by atoms with Crippen LogP contribution < -0.4 is 0 Å². The molecule has 254 valence electrons. The lowest BCUT2D eigenvalue weighted by Crippen LogP contribution is -2.12. The highest BCUT2D eigenvalue weighted by Gasteiger charge is 2.39. The largest absolute Gasteiger partial charge is 0.443 e. The normalized spacial score (nSPS) is 12.7. The van der Waals surface area contributed by atoms with Crippen LogP contribution in [0.5, 0.6) is 0 Å². The Labute approximate surface area is 276 Å². The van der Waals surface area contributed by atoms with Crippen molar-refractivity contribution in [3.63, 3.8) is 0 Å². The fourth-order valence-corrected chi connectivity index (χ4v) is 6.26. The van der Waals surface area contributed by atoms with Crippen molar-refractivity contribution in [3.05, 3.63) is 120 Å². The highest BCUT2D eigenvalue weighted by atomic mass is 19.4. The number of rotatable bonds is 5. The minimum atomic E-state index is -5.16. The third-order valence-corrected chi connectivity index (χ3v) is 8.49. The molecule has 0 unspecified atom stereocenters. The van der Waals surface area contributed by atoms with Crippen LogP contribution in [0.3, 0.4) is 0 Å². The molecule has 0 N–H and O–H groups in total. The van der Waals surface area contributed by atoms with Crippen LogP contribution in [0.1, 0.15) is 29.2 Å². The van der Waals surface area contributed by atoms with Gasteiger partial charge in [0, 0.05) is 0 Å². The van der Waals surface area contributed by atoms with Crippen LogP contribution in [-0.2, 0) is 24.9 Å². The molecule has 0 fully saturated rings. The minimum absolute atomic E-state index is 0.0153. The SMILES string of the molecule is CCc1ccc(-c2ccccc2-c2c3ncoc3c(-c3ccccc3-c3ccc(C(F)(F)F)cc3C(F)(F)F)c3ncoc23)c(C(F)(F)F)c1. The van der Waals surface area contributed by atoms with E-state index in [1.807, 2.05) is 0 Å². The van der Waals surface area contributed by atoms with E-state index in [-0.39, 0.29) is 67.2 Å². The Balaban J connectivity index is 1.51. The highest BCUT2D eigenvalue weighted by Crippen LogP contribution is 2.50. The maximum atomic E-state index is 14.4. The van der Waals surface area contributed by atoms with Gasteiger partial charge in [0.1, 0.15) is 11.0 Å². The first kappa shape index (κ1) is 32.9. The predicted octanol–water partition coefficient (Wildman–Crippen LogP) is 12.3. The summed E-state index contributed by atoms with van der Waals surface area (Å²) < 4.78 is 138. The first-order chi connectivity index (χ1) is 23.7. The lowest BCUT2D eigenvalue weighted by molar-refractivity contribution is -0.143. The number of nitrogens with zero attached hydrogens (tertiary/aromatic N) is 2. The molecule has 5 aromatic carbocycles. The highest BCUT2D eigenvalue weighted by molar-refractivity contribution is 6.18. The first-order valence-corrected chi connectivity index (χ1v) is 15.0. The van der Waals surface area contributed by atoms with Crippen molar-refractivity contribution in [2.24, 2.45) is 0 Å². The average molecular weight is 697 g/mol. The molecule has 0 spiro atoms. The maximum absolute atomic E-state index is 14.4. The maximum Gasteiger partial charge on any atom is 0.417 e. The molecule has 0 aliphatic heterocycles. The van der Waals surface area contributed by atoms with Crippen LogP contribution in [0, 0.1) is 0 Å². The molecular formula is C37H21F9N2O2. The Hall–Kier alpha value is -5.59. The zero-order chi connectivity index (χ0) is 35.6. The second-order valence-electron chi connectivity index (χ2n) is 11.4. The second-order valence-corrected chi connectivity index (χ2v) is 11.4. The zero-order valence-corrected chi connectivity index (χ0v) is 25.6. The van der Waals surface area contributed by atoms with Crippen molar-refractivity contribution in [3.8, 4) is 44.5 Å². The van der Waals surface area contributed by atoms with Crippen molar-refractivity contribution in [1.82, 2.24) is 9.97 Å². The van der Waals surface area contributed by atoms with Crippen LogP contribution in [0.4, 0.5) is 39.5 Å². The Morgan fingerprint density at radius 2 is 0.940 bits per heavy atom. The van der Waals surface area contributed by atoms with E-state index < -0.39 is 40.8 Å². The summed E-state index contributed by atoms with van der Waals surface area (Å²) in [5, 5.41) is 0. The third kappa shape index (κ3) is 5.56. The van der Waals surface area contributed by atoms with Gasteiger partial charge >= 0.3 is 18.5 Å². The van der Waals surface area contributed by atoms with E-state index in [1.165, 1.54) is 36.4 Å². The van der Waals surface area contributed by atoms with E-state index in [0.29, 0.717) is 18.1 Å². The quantitative estimate of drug-likeness (QED) is 0.168. The molecule has 0 aliphatic carbocycles. The smallest absolute Gasteiger partial charge is 0.417 e. The fourth-order valence-electron chi connectivity index (χ4n) is 6.26. The van der Waals surface area contributed by atoms with Crippen LogP contribution in [0.25, 0.3) is 66.7 Å². The Bertz CT molecular complexity index is 2350. The van der Waals surface area contributed by atoms with E-state index in [1.54, 1.807) is 31.2 Å². The summed E-state index contributed by atoms with van der Waals surface area (Å²) in [6, 6.07) is 17.5. The molecule has 0 radical (unpaired) electrons. The van der Waals surface area contributed by atoms with Gasteiger partial charge in [0.05, 0.1) is 27.8 Å². The Morgan fingerprint density at radius 1 is 0.500 bits per heavy atom. The van der Waals surface area contributed by atoms with Gasteiger partial charge in [-0.05, 0) is 63.6 Å². The monoisotopic (exact) mass is 696 g/mol. The molecule has 0 saturated heterocycles. The summed E-state index contributed by atoms with van der Waals surface area (Å²) >= 11 is 0. The summed E-state index contributed by atoms with van der Waals surface area (Å²) in [4.78, 5) is 8.70. The summed E-state index contributed by atoms with van der Waals surface area (Å²) in [6.45, 7) is 1.74. The number of hydrogen-bond donors (Lipinski definition) is 0. The molecule has 2 aromatic heterocycles. The van der Waals surface area contributed by atoms with Crippen LogP contribution in [0.2, 0.25) is 0 Å². The van der Waals surface area contributed by atoms with E-state index in [2.05, 4.69) is 9.97 Å². The summed E-state index contributed by atoms with van der Waals surface area (Å²) in [7, 11) is 0. The fraction of sp³-hybridized carbons (Fsp3) is 0.135. The summed E-state index contributed by atoms with van der Waals surface area (Å²) in [5.74, 6) is 0. The number of fused-ring (bicyclic) bond motifs is 2. The van der Waals surface area contributed by atoms with Gasteiger partial charge in [0.15, 0.2) is 24.0 Å². The predicted molar refractivity (Wildman–Crippen MR) is 168 cm³/mol. The lowest BCUT2D eigenvalue weighted by atomic mass is 9.86. The van der Waals surface area contributed by atoms with Gasteiger partial charge in [0.25, 0.3) is 0 Å². The van der Waals surface area contributed by atoms with Gasteiger partial charge in [-0.3, -0.25) is 0 Å². The van der Waals surface area contributed by atoms with Gasteiger partial charge < -0.3 is 8.83 Å². The minimum Gasteiger partial charge on any atom is -0.443 e. The number of aryl methyl sites for hydroxylation is 1. The van der Waals surface area contributed by atoms with E-state index in [0.717, 1.165) is 24.9 Å². The summed E-state index contributed by atoms with van der Waals surface area (Å²) in [6.07, 6.45) is -12.4. The van der Waals surface area contributed by atoms with Crippen molar-refractivity contribution < 1.29 is 48.3 Å². The lowest BCUT2D eigenvalue weighted by Gasteiger charge is -2.19. The van der Waals surface area contributed by atoms with Crippen molar-refractivity contribution in [2.45, 2.75) is 31.9 Å². The molecule has 4 nitrogen and oxygen atoms in total. The van der Waals surface area contributed by atoms with Gasteiger partial charge in [0.2, 0.25) is 0 Å². The van der Waals surface area contributed by atoms with E-state index >= 15 is 0 Å². The summed E-state index contributed by atoms with van der Waals surface area (Å²) in [5.41, 5.74) is -2.91. The molecule has 7 aromatic rings. The molecule has 0 amide bonds. The van der Waals surface area contributed by atoms with Gasteiger partial charge in [-0.25, -0.2) is 9.97 Å². The van der Waals surface area contributed by atoms with Crippen LogP contribution in [0.15, 0.2) is 107 Å². The van der Waals surface area contributed by atoms with Crippen molar-refractivity contribution in [1.29, 1.82) is 0 Å². The standard InChI is InChI=1S/C37H21F9N2O2/c1-2-19-11-13-23(27(15-19)36(41,42)43)21-7-3-5-9-25(21)29-31-34(50-17-47-31)30(32-33(29)49-18-48-32)26-10-6-4-8-22(26)24-14-12-20(35(38,39)40)16-28(24)37(44,45)46/h3-18H,2H2,1H3. The molecule has 0 bridgehead atoms. The third-order valence-electron chi connectivity index (χ3n) is 8.49. The number of alkyl halides is 9. The zero-order valence-electron chi connectivity index (χ0n) is 25.6. The first-order valence-electron chi connectivity index (χ1n) is 15.0. The van der Waals surface area contributed by atoms with Crippen LogP contribution >= 0.6 is 0 Å². The molecular weight excluding hydrogens is 675 g/mol. The van der Waals surface area contributed by atoms with E-state index in [4.69, 9.17) is 8.83 Å². The Kier molecular flexibility index (Phi) is 7.76. The van der Waals surface area contributed by atoms with E-state index in [9.17, 15) is 39.5 Å². The van der Waals surface area contributed by atoms with Gasteiger partial charge in [-0.15, -0.1) is 0 Å². The van der Waals surface area contributed by atoms with Crippen LogP contribution in [-0.4, -0.2) is 9.97 Å². The van der Waals surface area contributed by atoms with Gasteiger partial charge in [-0.2, -0.15) is 39.5 Å². The molecule has 50 heavy (non-hydrogen) atoms. The van der Waals surface area contributed by atoms with Gasteiger partial charge in [-0.1, -0.05) is 73.7 Å². The molecule has 0 saturated carbocycles.